The van der Waals surface area contributed by atoms with Crippen LogP contribution in [0.2, 0.25) is 0 Å². The van der Waals surface area contributed by atoms with Gasteiger partial charge in [0.1, 0.15) is 0 Å². The third kappa shape index (κ3) is 4.72. The largest absolute Gasteiger partial charge is 0.360 e. The number of nitrogens with one attached hydrogen (secondary N) is 1. The van der Waals surface area contributed by atoms with Gasteiger partial charge in [0.2, 0.25) is 10.1 Å². The maximum Gasteiger partial charge on any atom is 0.285 e. The van der Waals surface area contributed by atoms with Crippen molar-refractivity contribution < 1.29 is 4.79 Å². The number of aromatic nitrogens is 2. The Morgan fingerprint density at radius 1 is 1.35 bits per heavy atom. The number of rotatable bonds is 8. The van der Waals surface area contributed by atoms with Gasteiger partial charge in [0, 0.05) is 25.7 Å². The van der Waals surface area contributed by atoms with Gasteiger partial charge in [-0.15, -0.1) is 10.2 Å². The van der Waals surface area contributed by atoms with Gasteiger partial charge >= 0.3 is 0 Å². The molecule has 1 heterocycles. The van der Waals surface area contributed by atoms with E-state index in [1.807, 2.05) is 25.9 Å². The summed E-state index contributed by atoms with van der Waals surface area (Å²) in [6.07, 6.45) is 1.02. The van der Waals surface area contributed by atoms with Crippen molar-refractivity contribution >= 4 is 22.4 Å². The maximum absolute atomic E-state index is 12.5. The van der Waals surface area contributed by atoms with Crippen molar-refractivity contribution in [2.24, 2.45) is 0 Å². The molecule has 114 valence electrons. The van der Waals surface area contributed by atoms with E-state index in [1.165, 1.54) is 11.3 Å². The van der Waals surface area contributed by atoms with Gasteiger partial charge in [0.05, 0.1) is 0 Å². The van der Waals surface area contributed by atoms with Crippen LogP contribution in [0.5, 0.6) is 0 Å². The van der Waals surface area contributed by atoms with Crippen LogP contribution in [0.4, 0.5) is 5.13 Å². The molecule has 0 fully saturated rings. The monoisotopic (exact) mass is 299 g/mol. The Labute approximate surface area is 125 Å². The topological polar surface area (TPSA) is 61.4 Å². The summed E-state index contributed by atoms with van der Waals surface area (Å²) in [6, 6.07) is 0.151. The van der Waals surface area contributed by atoms with E-state index in [2.05, 4.69) is 34.3 Å². The van der Waals surface area contributed by atoms with Gasteiger partial charge in [-0.25, -0.2) is 0 Å². The van der Waals surface area contributed by atoms with Crippen molar-refractivity contribution in [1.82, 2.24) is 20.0 Å². The summed E-state index contributed by atoms with van der Waals surface area (Å²) in [6.45, 7) is 8.48. The molecule has 0 saturated heterocycles. The molecule has 1 aromatic rings. The predicted octanol–water partition coefficient (Wildman–Crippen LogP) is 1.77. The zero-order chi connectivity index (χ0) is 15.1. The number of anilines is 1. The molecule has 1 amide bonds. The van der Waals surface area contributed by atoms with E-state index in [0.717, 1.165) is 19.5 Å². The van der Waals surface area contributed by atoms with Gasteiger partial charge in [-0.2, -0.15) is 0 Å². The molecule has 0 aliphatic rings. The van der Waals surface area contributed by atoms with Crippen LogP contribution >= 0.6 is 11.3 Å². The molecule has 1 unspecified atom stereocenters. The summed E-state index contributed by atoms with van der Waals surface area (Å²) in [5.74, 6) is -0.0381. The van der Waals surface area contributed by atoms with Gasteiger partial charge < -0.3 is 15.1 Å². The minimum absolute atomic E-state index is 0.0381. The lowest BCUT2D eigenvalue weighted by Gasteiger charge is -2.29. The van der Waals surface area contributed by atoms with Gasteiger partial charge in [0.25, 0.3) is 5.91 Å². The molecule has 0 aliphatic carbocycles. The molecule has 0 aliphatic heterocycles. The van der Waals surface area contributed by atoms with Crippen molar-refractivity contribution in [2.45, 2.75) is 33.2 Å². The first-order chi connectivity index (χ1) is 9.49. The van der Waals surface area contributed by atoms with Crippen molar-refractivity contribution in [3.05, 3.63) is 5.01 Å². The molecule has 0 radical (unpaired) electrons. The van der Waals surface area contributed by atoms with Gasteiger partial charge in [-0.05, 0) is 34.4 Å². The second-order valence-electron chi connectivity index (χ2n) is 5.04. The number of likely N-dealkylation sites (N-methyl/N-ethyl adjacent to an activating group) is 2. The SMILES string of the molecule is CCCNc1nnc(C(=O)N(CC)C(C)CN(C)C)s1. The Kier molecular flexibility index (Phi) is 6.87. The minimum atomic E-state index is -0.0381. The van der Waals surface area contributed by atoms with Crippen molar-refractivity contribution in [3.63, 3.8) is 0 Å². The highest BCUT2D eigenvalue weighted by Gasteiger charge is 2.23. The highest BCUT2D eigenvalue weighted by atomic mass is 32.1. The zero-order valence-corrected chi connectivity index (χ0v) is 13.8. The van der Waals surface area contributed by atoms with Crippen LogP contribution < -0.4 is 5.32 Å². The predicted molar refractivity (Wildman–Crippen MR) is 83.4 cm³/mol. The first-order valence-electron chi connectivity index (χ1n) is 7.02. The number of carbonyl (C=O) groups excluding carboxylic acids is 1. The van der Waals surface area contributed by atoms with Crippen LogP contribution in [0, 0.1) is 0 Å². The standard InChI is InChI=1S/C13H25N5OS/c1-6-8-14-13-16-15-11(20-13)12(19)18(7-2)10(3)9-17(4)5/h10H,6-9H2,1-5H3,(H,14,16). The maximum atomic E-state index is 12.5. The summed E-state index contributed by atoms with van der Waals surface area (Å²) in [4.78, 5) is 16.4. The molecule has 1 aromatic heterocycles. The van der Waals surface area contributed by atoms with Crippen molar-refractivity contribution in [3.8, 4) is 0 Å². The molecule has 20 heavy (non-hydrogen) atoms. The van der Waals surface area contributed by atoms with Gasteiger partial charge in [-0.3, -0.25) is 4.79 Å². The third-order valence-corrected chi connectivity index (χ3v) is 3.77. The Bertz CT molecular complexity index is 421. The first-order valence-corrected chi connectivity index (χ1v) is 7.84. The molecule has 7 heteroatoms. The highest BCUT2D eigenvalue weighted by molar-refractivity contribution is 7.17. The lowest BCUT2D eigenvalue weighted by Crippen LogP contribution is -2.43. The number of amides is 1. The van der Waals surface area contributed by atoms with Crippen LogP contribution in [0.15, 0.2) is 0 Å². The van der Waals surface area contributed by atoms with E-state index in [0.29, 0.717) is 16.7 Å². The lowest BCUT2D eigenvalue weighted by atomic mass is 10.2. The number of hydrogen-bond acceptors (Lipinski definition) is 6. The van der Waals surface area contributed by atoms with Crippen LogP contribution in [0.25, 0.3) is 0 Å². The molecule has 0 spiro atoms. The van der Waals surface area contributed by atoms with Gasteiger partial charge in [-0.1, -0.05) is 18.3 Å². The molecular weight excluding hydrogens is 274 g/mol. The number of carbonyl (C=O) groups is 1. The normalized spacial score (nSPS) is 12.5. The van der Waals surface area contributed by atoms with E-state index in [-0.39, 0.29) is 11.9 Å². The fraction of sp³-hybridized carbons (Fsp3) is 0.769. The number of hydrogen-bond donors (Lipinski definition) is 1. The Balaban J connectivity index is 2.72. The highest BCUT2D eigenvalue weighted by Crippen LogP contribution is 2.18. The summed E-state index contributed by atoms with van der Waals surface area (Å²) in [7, 11) is 4.01. The summed E-state index contributed by atoms with van der Waals surface area (Å²) >= 11 is 1.32. The van der Waals surface area contributed by atoms with Crippen LogP contribution in [0.1, 0.15) is 37.0 Å². The molecule has 0 bridgehead atoms. The van der Waals surface area contributed by atoms with Crippen molar-refractivity contribution in [1.29, 1.82) is 0 Å². The average Bonchev–Trinajstić information content (AvgIpc) is 2.84. The Hall–Kier alpha value is -1.21. The molecule has 1 atom stereocenters. The molecule has 0 saturated carbocycles. The van der Waals surface area contributed by atoms with Crippen LogP contribution in [0.3, 0.4) is 0 Å². The second-order valence-corrected chi connectivity index (χ2v) is 6.02. The quantitative estimate of drug-likeness (QED) is 0.793. The van der Waals surface area contributed by atoms with Crippen LogP contribution in [-0.2, 0) is 0 Å². The Morgan fingerprint density at radius 3 is 2.60 bits per heavy atom. The second kappa shape index (κ2) is 8.16. The lowest BCUT2D eigenvalue weighted by molar-refractivity contribution is 0.0678. The molecular formula is C13H25N5OS. The van der Waals surface area contributed by atoms with E-state index in [1.54, 1.807) is 0 Å². The number of nitrogens with zero attached hydrogens (tertiary/aromatic N) is 4. The van der Waals surface area contributed by atoms with E-state index in [9.17, 15) is 4.79 Å². The molecule has 1 rings (SSSR count). The molecule has 1 N–H and O–H groups in total. The van der Waals surface area contributed by atoms with Gasteiger partial charge in [0.15, 0.2) is 0 Å². The van der Waals surface area contributed by atoms with Crippen LogP contribution in [-0.4, -0.2) is 65.7 Å². The zero-order valence-electron chi connectivity index (χ0n) is 13.0. The fourth-order valence-corrected chi connectivity index (χ4v) is 2.74. The fourth-order valence-electron chi connectivity index (χ4n) is 2.02. The summed E-state index contributed by atoms with van der Waals surface area (Å²) in [5.41, 5.74) is 0. The molecule has 0 aromatic carbocycles. The molecule has 6 nitrogen and oxygen atoms in total. The van der Waals surface area contributed by atoms with E-state index >= 15 is 0 Å². The van der Waals surface area contributed by atoms with E-state index in [4.69, 9.17) is 0 Å². The smallest absolute Gasteiger partial charge is 0.285 e. The average molecular weight is 299 g/mol. The third-order valence-electron chi connectivity index (χ3n) is 2.90. The summed E-state index contributed by atoms with van der Waals surface area (Å²) in [5, 5.41) is 12.3. The summed E-state index contributed by atoms with van der Waals surface area (Å²) < 4.78 is 0. The first kappa shape index (κ1) is 16.8. The minimum Gasteiger partial charge on any atom is -0.360 e. The van der Waals surface area contributed by atoms with E-state index < -0.39 is 0 Å². The van der Waals surface area contributed by atoms with Crippen molar-refractivity contribution in [2.75, 3.05) is 39.0 Å². The Morgan fingerprint density at radius 2 is 2.05 bits per heavy atom.